The molecular formula is C17H22N2O2. The first-order valence-electron chi connectivity index (χ1n) is 7.40. The number of aromatic nitrogens is 1. The predicted octanol–water partition coefficient (Wildman–Crippen LogP) is 2.55. The third-order valence-corrected chi connectivity index (χ3v) is 3.79. The van der Waals surface area contributed by atoms with Crippen LogP contribution < -0.4 is 10.7 Å². The van der Waals surface area contributed by atoms with E-state index < -0.39 is 0 Å². The van der Waals surface area contributed by atoms with E-state index in [0.29, 0.717) is 11.3 Å². The topological polar surface area (TPSA) is 51.1 Å². The molecule has 1 atom stereocenters. The second-order valence-corrected chi connectivity index (χ2v) is 5.65. The Kier molecular flexibility index (Phi) is 4.78. The van der Waals surface area contributed by atoms with Crippen LogP contribution in [0.25, 0.3) is 10.9 Å². The predicted molar refractivity (Wildman–Crippen MR) is 85.3 cm³/mol. The zero-order valence-corrected chi connectivity index (χ0v) is 12.8. The number of pyridine rings is 1. The van der Waals surface area contributed by atoms with Crippen LogP contribution >= 0.6 is 0 Å². The molecule has 1 heterocycles. The monoisotopic (exact) mass is 286 g/mol. The van der Waals surface area contributed by atoms with Crippen molar-refractivity contribution in [3.8, 4) is 0 Å². The molecule has 0 radical (unpaired) electrons. The van der Waals surface area contributed by atoms with E-state index >= 15 is 0 Å². The summed E-state index contributed by atoms with van der Waals surface area (Å²) in [6.45, 7) is 6.50. The van der Waals surface area contributed by atoms with E-state index in [1.807, 2.05) is 22.8 Å². The Labute approximate surface area is 124 Å². The zero-order chi connectivity index (χ0) is 15.4. The second kappa shape index (κ2) is 6.57. The lowest BCUT2D eigenvalue weighted by atomic mass is 10.0. The van der Waals surface area contributed by atoms with E-state index in [1.54, 1.807) is 12.3 Å². The van der Waals surface area contributed by atoms with Gasteiger partial charge in [0.15, 0.2) is 5.43 Å². The van der Waals surface area contributed by atoms with E-state index in [2.05, 4.69) is 26.1 Å². The van der Waals surface area contributed by atoms with Crippen LogP contribution in [-0.2, 0) is 11.3 Å². The van der Waals surface area contributed by atoms with E-state index in [1.165, 1.54) is 6.07 Å². The molecule has 0 fully saturated rings. The summed E-state index contributed by atoms with van der Waals surface area (Å²) < 4.78 is 1.82. The van der Waals surface area contributed by atoms with Crippen LogP contribution in [0.1, 0.15) is 27.2 Å². The number of rotatable bonds is 5. The number of hydrogen-bond donors (Lipinski definition) is 1. The van der Waals surface area contributed by atoms with Gasteiger partial charge in [0.25, 0.3) is 0 Å². The summed E-state index contributed by atoms with van der Waals surface area (Å²) in [4.78, 5) is 24.0. The van der Waals surface area contributed by atoms with Crippen molar-refractivity contribution in [2.45, 2.75) is 39.8 Å². The summed E-state index contributed by atoms with van der Waals surface area (Å²) in [5.74, 6) is 0.383. The fraction of sp³-hybridized carbons (Fsp3) is 0.412. The lowest BCUT2D eigenvalue weighted by molar-refractivity contribution is -0.122. The first kappa shape index (κ1) is 15.3. The number of nitrogens with zero attached hydrogens (tertiary/aromatic N) is 1. The number of fused-ring (bicyclic) bond motifs is 1. The standard InChI is InChI=1S/C17H22N2O2/c1-4-14(12(2)3)18-17(21)11-19-10-9-16(20)13-7-5-6-8-15(13)19/h5-10,12,14H,4,11H2,1-3H3,(H,18,21)/t14-/m0/s1. The summed E-state index contributed by atoms with van der Waals surface area (Å²) in [6.07, 6.45) is 2.59. The van der Waals surface area contributed by atoms with Crippen LogP contribution in [0.4, 0.5) is 0 Å². The van der Waals surface area contributed by atoms with Crippen molar-refractivity contribution in [2.24, 2.45) is 5.92 Å². The average Bonchev–Trinajstić information content (AvgIpc) is 2.47. The third kappa shape index (κ3) is 3.51. The van der Waals surface area contributed by atoms with Gasteiger partial charge < -0.3 is 9.88 Å². The molecule has 21 heavy (non-hydrogen) atoms. The quantitative estimate of drug-likeness (QED) is 0.918. The van der Waals surface area contributed by atoms with Crippen LogP contribution in [0.5, 0.6) is 0 Å². The number of carbonyl (C=O) groups is 1. The normalized spacial score (nSPS) is 12.6. The van der Waals surface area contributed by atoms with Gasteiger partial charge in [-0.1, -0.05) is 32.9 Å². The SMILES string of the molecule is CC[C@H](NC(=O)Cn1ccc(=O)c2ccccc21)C(C)C. The van der Waals surface area contributed by atoms with Crippen LogP contribution in [-0.4, -0.2) is 16.5 Å². The maximum atomic E-state index is 12.2. The number of hydrogen-bond acceptors (Lipinski definition) is 2. The molecular weight excluding hydrogens is 264 g/mol. The van der Waals surface area contributed by atoms with Crippen molar-refractivity contribution in [2.75, 3.05) is 0 Å². The Hall–Kier alpha value is -2.10. The molecule has 0 aliphatic carbocycles. The van der Waals surface area contributed by atoms with Gasteiger partial charge in [0.1, 0.15) is 6.54 Å². The molecule has 1 aromatic carbocycles. The van der Waals surface area contributed by atoms with E-state index in [9.17, 15) is 9.59 Å². The van der Waals surface area contributed by atoms with Gasteiger partial charge >= 0.3 is 0 Å². The second-order valence-electron chi connectivity index (χ2n) is 5.65. The summed E-state index contributed by atoms with van der Waals surface area (Å²) >= 11 is 0. The van der Waals surface area contributed by atoms with E-state index in [4.69, 9.17) is 0 Å². The van der Waals surface area contributed by atoms with Gasteiger partial charge in [0, 0.05) is 23.7 Å². The van der Waals surface area contributed by atoms with Crippen LogP contribution in [0.3, 0.4) is 0 Å². The van der Waals surface area contributed by atoms with Crippen molar-refractivity contribution in [3.63, 3.8) is 0 Å². The zero-order valence-electron chi connectivity index (χ0n) is 12.8. The van der Waals surface area contributed by atoms with Crippen LogP contribution in [0, 0.1) is 5.92 Å². The van der Waals surface area contributed by atoms with Crippen LogP contribution in [0.2, 0.25) is 0 Å². The molecule has 4 nitrogen and oxygen atoms in total. The molecule has 0 bridgehead atoms. The van der Waals surface area contributed by atoms with Gasteiger partial charge in [-0.05, 0) is 24.5 Å². The maximum absolute atomic E-state index is 12.2. The highest BCUT2D eigenvalue weighted by Crippen LogP contribution is 2.10. The van der Waals surface area contributed by atoms with E-state index in [0.717, 1.165) is 11.9 Å². The minimum absolute atomic E-state index is 0.0177. The fourth-order valence-corrected chi connectivity index (χ4v) is 2.55. The Morgan fingerprint density at radius 3 is 2.62 bits per heavy atom. The van der Waals surface area contributed by atoms with Crippen molar-refractivity contribution in [1.82, 2.24) is 9.88 Å². The molecule has 112 valence electrons. The molecule has 1 amide bonds. The molecule has 1 N–H and O–H groups in total. The van der Waals surface area contributed by atoms with Crippen molar-refractivity contribution in [3.05, 3.63) is 46.8 Å². The lowest BCUT2D eigenvalue weighted by Crippen LogP contribution is -2.39. The van der Waals surface area contributed by atoms with Gasteiger partial charge in [-0.2, -0.15) is 0 Å². The largest absolute Gasteiger partial charge is 0.352 e. The molecule has 0 unspecified atom stereocenters. The molecule has 0 aliphatic rings. The third-order valence-electron chi connectivity index (χ3n) is 3.79. The number of amides is 1. The van der Waals surface area contributed by atoms with Gasteiger partial charge in [-0.3, -0.25) is 9.59 Å². The fourth-order valence-electron chi connectivity index (χ4n) is 2.55. The summed E-state index contributed by atoms with van der Waals surface area (Å²) in [6, 6.07) is 9.05. The van der Waals surface area contributed by atoms with Crippen LogP contribution in [0.15, 0.2) is 41.3 Å². The number of carbonyl (C=O) groups excluding carboxylic acids is 1. The lowest BCUT2D eigenvalue weighted by Gasteiger charge is -2.21. The van der Waals surface area contributed by atoms with Gasteiger partial charge in [0.2, 0.25) is 5.91 Å². The highest BCUT2D eigenvalue weighted by molar-refractivity contribution is 5.82. The molecule has 2 rings (SSSR count). The summed E-state index contributed by atoms with van der Waals surface area (Å²) in [7, 11) is 0. The summed E-state index contributed by atoms with van der Waals surface area (Å²) in [5.41, 5.74) is 0.772. The Morgan fingerprint density at radius 1 is 1.24 bits per heavy atom. The van der Waals surface area contributed by atoms with E-state index in [-0.39, 0.29) is 23.9 Å². The van der Waals surface area contributed by atoms with Crippen molar-refractivity contribution in [1.29, 1.82) is 0 Å². The Balaban J connectivity index is 2.22. The average molecular weight is 286 g/mol. The Bertz CT molecular complexity index is 688. The molecule has 0 spiro atoms. The minimum atomic E-state index is -0.0237. The van der Waals surface area contributed by atoms with Gasteiger partial charge in [-0.15, -0.1) is 0 Å². The first-order valence-corrected chi connectivity index (χ1v) is 7.40. The molecule has 0 saturated heterocycles. The molecule has 0 aliphatic heterocycles. The minimum Gasteiger partial charge on any atom is -0.352 e. The summed E-state index contributed by atoms with van der Waals surface area (Å²) in [5, 5.41) is 3.70. The molecule has 2 aromatic rings. The maximum Gasteiger partial charge on any atom is 0.240 e. The molecule has 1 aromatic heterocycles. The van der Waals surface area contributed by atoms with Crippen molar-refractivity contribution >= 4 is 16.8 Å². The smallest absolute Gasteiger partial charge is 0.240 e. The van der Waals surface area contributed by atoms with Gasteiger partial charge in [0.05, 0.1) is 5.52 Å². The van der Waals surface area contributed by atoms with Gasteiger partial charge in [-0.25, -0.2) is 0 Å². The molecule has 4 heteroatoms. The number of benzene rings is 1. The van der Waals surface area contributed by atoms with Crippen molar-refractivity contribution < 1.29 is 4.79 Å². The highest BCUT2D eigenvalue weighted by atomic mass is 16.2. The molecule has 0 saturated carbocycles. The highest BCUT2D eigenvalue weighted by Gasteiger charge is 2.14. The first-order chi connectivity index (χ1) is 10.0. The Morgan fingerprint density at radius 2 is 1.95 bits per heavy atom. The number of para-hydroxylation sites is 1. The number of nitrogens with one attached hydrogen (secondary N) is 1.